The molecule has 3 rings (SSSR count). The van der Waals surface area contributed by atoms with E-state index >= 15 is 0 Å². The number of amides is 1. The maximum atomic E-state index is 12.9. The van der Waals surface area contributed by atoms with Crippen LogP contribution in [0.5, 0.6) is 0 Å². The fourth-order valence-corrected chi connectivity index (χ4v) is 5.61. The number of piperidine rings is 1. The van der Waals surface area contributed by atoms with E-state index in [1.54, 1.807) is 6.07 Å². The van der Waals surface area contributed by atoms with Crippen LogP contribution in [0.3, 0.4) is 0 Å². The van der Waals surface area contributed by atoms with E-state index in [0.717, 1.165) is 18.7 Å². The number of benzene rings is 2. The van der Waals surface area contributed by atoms with E-state index in [1.165, 1.54) is 16.4 Å². The highest BCUT2D eigenvalue weighted by Gasteiger charge is 2.33. The first-order valence-corrected chi connectivity index (χ1v) is 12.1. The Morgan fingerprint density at radius 2 is 1.73 bits per heavy atom. The van der Waals surface area contributed by atoms with Crippen molar-refractivity contribution >= 4 is 44.8 Å². The number of hydrogen-bond acceptors (Lipinski definition) is 4. The molecule has 1 aliphatic rings. The molecule has 1 saturated heterocycles. The van der Waals surface area contributed by atoms with E-state index in [1.807, 2.05) is 30.3 Å². The molecule has 30 heavy (non-hydrogen) atoms. The third kappa shape index (κ3) is 5.88. The molecule has 0 radical (unpaired) electrons. The Bertz CT molecular complexity index is 963. The first kappa shape index (κ1) is 22.9. The van der Waals surface area contributed by atoms with E-state index in [4.69, 9.17) is 23.2 Å². The van der Waals surface area contributed by atoms with Crippen molar-refractivity contribution < 1.29 is 13.2 Å². The smallest absolute Gasteiger partial charge is 0.244 e. The highest BCUT2D eigenvalue weighted by Crippen LogP contribution is 2.30. The standard InChI is InChI=1S/C21H25Cl2N3O3S/c22-17-7-8-19(23)20(15-17)30(28,29)26-13-9-16(10-14-26)21(27)25-12-4-11-24-18-5-2-1-3-6-18/h1-3,5-8,15-16,24H,4,9-14H2,(H,25,27). The molecule has 0 unspecified atom stereocenters. The zero-order valence-corrected chi connectivity index (χ0v) is 18.8. The second-order valence-corrected chi connectivity index (χ2v) is 9.94. The minimum atomic E-state index is -3.74. The summed E-state index contributed by atoms with van der Waals surface area (Å²) in [6, 6.07) is 14.3. The Balaban J connectivity index is 1.43. The van der Waals surface area contributed by atoms with E-state index in [-0.39, 0.29) is 34.8 Å². The van der Waals surface area contributed by atoms with Crippen molar-refractivity contribution in [1.82, 2.24) is 9.62 Å². The molecule has 6 nitrogen and oxygen atoms in total. The van der Waals surface area contributed by atoms with Crippen LogP contribution in [-0.4, -0.2) is 44.8 Å². The Morgan fingerprint density at radius 1 is 1.03 bits per heavy atom. The van der Waals surface area contributed by atoms with Crippen LogP contribution in [0.2, 0.25) is 10.0 Å². The van der Waals surface area contributed by atoms with Crippen molar-refractivity contribution in [3.05, 3.63) is 58.6 Å². The molecular weight excluding hydrogens is 445 g/mol. The van der Waals surface area contributed by atoms with Gasteiger partial charge in [0.1, 0.15) is 4.90 Å². The molecule has 2 aromatic rings. The van der Waals surface area contributed by atoms with Crippen LogP contribution in [0.4, 0.5) is 5.69 Å². The Labute approximate surface area is 187 Å². The largest absolute Gasteiger partial charge is 0.385 e. The van der Waals surface area contributed by atoms with Gasteiger partial charge in [0.25, 0.3) is 0 Å². The van der Waals surface area contributed by atoms with Gasteiger partial charge in [0.05, 0.1) is 5.02 Å². The van der Waals surface area contributed by atoms with E-state index in [2.05, 4.69) is 10.6 Å². The number of nitrogens with one attached hydrogen (secondary N) is 2. The maximum absolute atomic E-state index is 12.9. The molecule has 1 amide bonds. The summed E-state index contributed by atoms with van der Waals surface area (Å²) in [5, 5.41) is 6.71. The molecule has 162 valence electrons. The zero-order chi connectivity index (χ0) is 21.6. The quantitative estimate of drug-likeness (QED) is 0.572. The molecule has 1 fully saturated rings. The lowest BCUT2D eigenvalue weighted by Gasteiger charge is -2.30. The normalized spacial score (nSPS) is 15.7. The van der Waals surface area contributed by atoms with Gasteiger partial charge in [-0.15, -0.1) is 0 Å². The van der Waals surface area contributed by atoms with Gasteiger partial charge in [0.15, 0.2) is 0 Å². The molecule has 0 spiro atoms. The number of rotatable bonds is 8. The van der Waals surface area contributed by atoms with Gasteiger partial charge in [-0.3, -0.25) is 4.79 Å². The molecule has 0 atom stereocenters. The van der Waals surface area contributed by atoms with Crippen LogP contribution in [0, 0.1) is 5.92 Å². The minimum Gasteiger partial charge on any atom is -0.385 e. The van der Waals surface area contributed by atoms with Crippen LogP contribution >= 0.6 is 23.2 Å². The zero-order valence-electron chi connectivity index (χ0n) is 16.5. The predicted molar refractivity (Wildman–Crippen MR) is 121 cm³/mol. The van der Waals surface area contributed by atoms with Crippen molar-refractivity contribution in [1.29, 1.82) is 0 Å². The van der Waals surface area contributed by atoms with Gasteiger partial charge in [0, 0.05) is 42.8 Å². The van der Waals surface area contributed by atoms with Gasteiger partial charge in [-0.1, -0.05) is 41.4 Å². The molecule has 0 saturated carbocycles. The van der Waals surface area contributed by atoms with Crippen LogP contribution in [0.1, 0.15) is 19.3 Å². The van der Waals surface area contributed by atoms with Crippen molar-refractivity contribution in [3.63, 3.8) is 0 Å². The molecule has 1 aliphatic heterocycles. The second-order valence-electron chi connectivity index (χ2n) is 7.19. The summed E-state index contributed by atoms with van der Waals surface area (Å²) in [7, 11) is -3.74. The van der Waals surface area contributed by atoms with Gasteiger partial charge in [0.2, 0.25) is 15.9 Å². The predicted octanol–water partition coefficient (Wildman–Crippen LogP) is 4.01. The fourth-order valence-electron chi connectivity index (χ4n) is 3.41. The molecule has 2 N–H and O–H groups in total. The van der Waals surface area contributed by atoms with Crippen molar-refractivity contribution in [3.8, 4) is 0 Å². The number of hydrogen-bond donors (Lipinski definition) is 2. The van der Waals surface area contributed by atoms with Crippen LogP contribution in [0.15, 0.2) is 53.4 Å². The summed E-state index contributed by atoms with van der Waals surface area (Å²) in [5.74, 6) is -0.207. The lowest BCUT2D eigenvalue weighted by molar-refractivity contribution is -0.126. The van der Waals surface area contributed by atoms with Gasteiger partial charge in [-0.25, -0.2) is 8.42 Å². The van der Waals surface area contributed by atoms with Crippen LogP contribution < -0.4 is 10.6 Å². The summed E-state index contributed by atoms with van der Waals surface area (Å²) in [4.78, 5) is 12.4. The molecule has 0 bridgehead atoms. The Hall–Kier alpha value is -1.80. The average molecular weight is 470 g/mol. The molecule has 0 aromatic heterocycles. The highest BCUT2D eigenvalue weighted by molar-refractivity contribution is 7.89. The summed E-state index contributed by atoms with van der Waals surface area (Å²) in [5.41, 5.74) is 1.05. The lowest BCUT2D eigenvalue weighted by Crippen LogP contribution is -2.43. The lowest BCUT2D eigenvalue weighted by atomic mass is 9.97. The molecule has 1 heterocycles. The number of sulfonamides is 1. The summed E-state index contributed by atoms with van der Waals surface area (Å²) in [6.07, 6.45) is 1.76. The van der Waals surface area contributed by atoms with Crippen molar-refractivity contribution in [2.45, 2.75) is 24.2 Å². The number of anilines is 1. The molecule has 9 heteroatoms. The summed E-state index contributed by atoms with van der Waals surface area (Å²) >= 11 is 12.0. The fraction of sp³-hybridized carbons (Fsp3) is 0.381. The van der Waals surface area contributed by atoms with Crippen LogP contribution in [-0.2, 0) is 14.8 Å². The molecular formula is C21H25Cl2N3O3S. The summed E-state index contributed by atoms with van der Waals surface area (Å²) < 4.78 is 27.1. The SMILES string of the molecule is O=C(NCCCNc1ccccc1)C1CCN(S(=O)(=O)c2cc(Cl)ccc2Cl)CC1. The maximum Gasteiger partial charge on any atom is 0.244 e. The minimum absolute atomic E-state index is 0.00508. The first-order valence-electron chi connectivity index (χ1n) is 9.90. The number of para-hydroxylation sites is 1. The second kappa shape index (κ2) is 10.5. The van der Waals surface area contributed by atoms with Gasteiger partial charge in [-0.05, 0) is 49.6 Å². The Morgan fingerprint density at radius 3 is 2.43 bits per heavy atom. The van der Waals surface area contributed by atoms with Crippen LogP contribution in [0.25, 0.3) is 0 Å². The number of carbonyl (C=O) groups is 1. The third-order valence-corrected chi connectivity index (χ3v) is 7.71. The molecule has 2 aromatic carbocycles. The van der Waals surface area contributed by atoms with Crippen molar-refractivity contribution in [2.75, 3.05) is 31.5 Å². The molecule has 0 aliphatic carbocycles. The topological polar surface area (TPSA) is 78.5 Å². The number of carbonyl (C=O) groups excluding carboxylic acids is 1. The summed E-state index contributed by atoms with van der Waals surface area (Å²) in [6.45, 7) is 1.90. The third-order valence-electron chi connectivity index (χ3n) is 5.09. The monoisotopic (exact) mass is 469 g/mol. The number of nitrogens with zero attached hydrogens (tertiary/aromatic N) is 1. The first-order chi connectivity index (χ1) is 14.4. The van der Waals surface area contributed by atoms with Crippen molar-refractivity contribution in [2.24, 2.45) is 5.92 Å². The van der Waals surface area contributed by atoms with Gasteiger partial charge >= 0.3 is 0 Å². The highest BCUT2D eigenvalue weighted by atomic mass is 35.5. The van der Waals surface area contributed by atoms with Gasteiger partial charge in [-0.2, -0.15) is 4.31 Å². The average Bonchev–Trinajstić information content (AvgIpc) is 2.76. The van der Waals surface area contributed by atoms with E-state index in [0.29, 0.717) is 24.4 Å². The van der Waals surface area contributed by atoms with Gasteiger partial charge < -0.3 is 10.6 Å². The Kier molecular flexibility index (Phi) is 7.99. The number of halogens is 2. The van der Waals surface area contributed by atoms with E-state index < -0.39 is 10.0 Å². The van der Waals surface area contributed by atoms with E-state index in [9.17, 15) is 13.2 Å².